The van der Waals surface area contributed by atoms with Crippen molar-refractivity contribution in [2.75, 3.05) is 0 Å². The van der Waals surface area contributed by atoms with Gasteiger partial charge in [0.25, 0.3) is 0 Å². The Labute approximate surface area is 214 Å². The minimum atomic E-state index is -0.688. The SMILES string of the molecule is Cc1ccc(CC(=O)N(Cc2ccccc2Cl)C(Cc2ccccc2)C(=O)NC(C)(C)C)cc1C. The molecule has 0 radical (unpaired) electrons. The molecule has 0 heterocycles. The van der Waals surface area contributed by atoms with Crippen LogP contribution in [0.3, 0.4) is 0 Å². The Morgan fingerprint density at radius 2 is 1.54 bits per heavy atom. The second-order valence-electron chi connectivity index (χ2n) is 10.2. The molecule has 0 fully saturated rings. The van der Waals surface area contributed by atoms with Crippen molar-refractivity contribution in [1.82, 2.24) is 10.2 Å². The van der Waals surface area contributed by atoms with Crippen molar-refractivity contribution < 1.29 is 9.59 Å². The zero-order chi connectivity index (χ0) is 25.6. The average molecular weight is 491 g/mol. The molecule has 3 aromatic rings. The lowest BCUT2D eigenvalue weighted by molar-refractivity contribution is -0.141. The van der Waals surface area contributed by atoms with Gasteiger partial charge in [-0.15, -0.1) is 0 Å². The molecule has 2 amide bonds. The normalized spacial score (nSPS) is 12.2. The number of hydrogen-bond acceptors (Lipinski definition) is 2. The van der Waals surface area contributed by atoms with Crippen molar-refractivity contribution in [2.45, 2.75) is 65.6 Å². The summed E-state index contributed by atoms with van der Waals surface area (Å²) in [7, 11) is 0. The van der Waals surface area contributed by atoms with E-state index in [1.165, 1.54) is 5.56 Å². The molecule has 0 aliphatic carbocycles. The van der Waals surface area contributed by atoms with E-state index in [1.54, 1.807) is 4.90 Å². The molecule has 35 heavy (non-hydrogen) atoms. The standard InChI is InChI=1S/C30H35ClN2O2/c1-21-15-16-24(17-22(21)2)19-28(34)33(20-25-13-9-10-14-26(25)31)27(29(35)32-30(3,4)5)18-23-11-7-6-8-12-23/h6-17,27H,18-20H2,1-5H3,(H,32,35). The van der Waals surface area contributed by atoms with Gasteiger partial charge in [0.15, 0.2) is 0 Å². The van der Waals surface area contributed by atoms with Crippen molar-refractivity contribution in [3.8, 4) is 0 Å². The van der Waals surface area contributed by atoms with Crippen LogP contribution in [0.25, 0.3) is 0 Å². The van der Waals surface area contributed by atoms with Gasteiger partial charge in [-0.25, -0.2) is 0 Å². The first-order valence-corrected chi connectivity index (χ1v) is 12.4. The van der Waals surface area contributed by atoms with Crippen molar-refractivity contribution in [2.24, 2.45) is 0 Å². The molecule has 184 valence electrons. The molecule has 0 spiro atoms. The van der Waals surface area contributed by atoms with Gasteiger partial charge in [0.1, 0.15) is 6.04 Å². The van der Waals surface area contributed by atoms with Crippen LogP contribution in [0.4, 0.5) is 0 Å². The molecule has 0 saturated carbocycles. The first-order chi connectivity index (χ1) is 16.5. The van der Waals surface area contributed by atoms with Crippen molar-refractivity contribution in [3.05, 3.63) is 106 Å². The van der Waals surface area contributed by atoms with E-state index in [0.29, 0.717) is 11.4 Å². The van der Waals surface area contributed by atoms with Crippen LogP contribution >= 0.6 is 11.6 Å². The van der Waals surface area contributed by atoms with E-state index in [9.17, 15) is 9.59 Å². The summed E-state index contributed by atoms with van der Waals surface area (Å²) in [5, 5.41) is 3.67. The molecule has 0 aliphatic rings. The number of benzene rings is 3. The maximum Gasteiger partial charge on any atom is 0.243 e. The molecule has 1 N–H and O–H groups in total. The number of carbonyl (C=O) groups excluding carboxylic acids is 2. The Kier molecular flexibility index (Phi) is 8.74. The average Bonchev–Trinajstić information content (AvgIpc) is 2.79. The van der Waals surface area contributed by atoms with Crippen LogP contribution in [-0.2, 0) is 29.0 Å². The third-order valence-corrected chi connectivity index (χ3v) is 6.36. The number of rotatable bonds is 8. The van der Waals surface area contributed by atoms with E-state index in [0.717, 1.165) is 22.3 Å². The lowest BCUT2D eigenvalue weighted by atomic mass is 9.99. The fourth-order valence-corrected chi connectivity index (χ4v) is 4.20. The molecular weight excluding hydrogens is 456 g/mol. The Morgan fingerprint density at radius 3 is 2.17 bits per heavy atom. The minimum absolute atomic E-state index is 0.113. The Morgan fingerprint density at radius 1 is 0.886 bits per heavy atom. The lowest BCUT2D eigenvalue weighted by Crippen LogP contribution is -2.54. The van der Waals surface area contributed by atoms with E-state index in [4.69, 9.17) is 11.6 Å². The van der Waals surface area contributed by atoms with Crippen LogP contribution in [0.5, 0.6) is 0 Å². The predicted molar refractivity (Wildman–Crippen MR) is 143 cm³/mol. The highest BCUT2D eigenvalue weighted by molar-refractivity contribution is 6.31. The molecular formula is C30H35ClN2O2. The smallest absolute Gasteiger partial charge is 0.243 e. The highest BCUT2D eigenvalue weighted by Gasteiger charge is 2.32. The van der Waals surface area contributed by atoms with Gasteiger partial charge < -0.3 is 10.2 Å². The summed E-state index contributed by atoms with van der Waals surface area (Å²) >= 11 is 6.48. The number of halogens is 1. The monoisotopic (exact) mass is 490 g/mol. The summed E-state index contributed by atoms with van der Waals surface area (Å²) in [6.07, 6.45) is 0.617. The summed E-state index contributed by atoms with van der Waals surface area (Å²) in [4.78, 5) is 29.1. The highest BCUT2D eigenvalue weighted by atomic mass is 35.5. The van der Waals surface area contributed by atoms with Gasteiger partial charge in [-0.05, 0) is 68.5 Å². The van der Waals surface area contributed by atoms with Crippen molar-refractivity contribution in [1.29, 1.82) is 0 Å². The van der Waals surface area contributed by atoms with Crippen LogP contribution in [0.2, 0.25) is 5.02 Å². The van der Waals surface area contributed by atoms with Gasteiger partial charge in [0.05, 0.1) is 6.42 Å². The van der Waals surface area contributed by atoms with Gasteiger partial charge in [-0.3, -0.25) is 9.59 Å². The molecule has 1 unspecified atom stereocenters. The fraction of sp³-hybridized carbons (Fsp3) is 0.333. The molecule has 0 bridgehead atoms. The first kappa shape index (κ1) is 26.5. The number of amides is 2. The molecule has 1 atom stereocenters. The minimum Gasteiger partial charge on any atom is -0.350 e. The van der Waals surface area contributed by atoms with Crippen LogP contribution in [0, 0.1) is 13.8 Å². The van der Waals surface area contributed by atoms with Crippen LogP contribution in [0.1, 0.15) is 48.6 Å². The maximum absolute atomic E-state index is 13.8. The van der Waals surface area contributed by atoms with Crippen LogP contribution < -0.4 is 5.32 Å². The number of nitrogens with zero attached hydrogens (tertiary/aromatic N) is 1. The van der Waals surface area contributed by atoms with E-state index < -0.39 is 11.6 Å². The van der Waals surface area contributed by atoms with Crippen molar-refractivity contribution >= 4 is 23.4 Å². The van der Waals surface area contributed by atoms with Crippen LogP contribution in [-0.4, -0.2) is 28.3 Å². The second kappa shape index (κ2) is 11.5. The van der Waals surface area contributed by atoms with E-state index in [1.807, 2.05) is 100 Å². The number of carbonyl (C=O) groups is 2. The highest BCUT2D eigenvalue weighted by Crippen LogP contribution is 2.22. The Balaban J connectivity index is 2.01. The van der Waals surface area contributed by atoms with Gasteiger partial charge in [0, 0.05) is 23.5 Å². The number of hydrogen-bond donors (Lipinski definition) is 1. The van der Waals surface area contributed by atoms with Crippen LogP contribution in [0.15, 0.2) is 72.8 Å². The summed E-state index contributed by atoms with van der Waals surface area (Å²) in [6.45, 7) is 10.2. The molecule has 0 saturated heterocycles. The third-order valence-electron chi connectivity index (χ3n) is 5.99. The van der Waals surface area contributed by atoms with E-state index in [-0.39, 0.29) is 24.8 Å². The second-order valence-corrected chi connectivity index (χ2v) is 10.6. The fourth-order valence-electron chi connectivity index (χ4n) is 4.01. The molecule has 4 nitrogen and oxygen atoms in total. The third kappa shape index (κ3) is 7.69. The molecule has 3 aromatic carbocycles. The van der Waals surface area contributed by atoms with Crippen molar-refractivity contribution in [3.63, 3.8) is 0 Å². The Bertz CT molecular complexity index is 1170. The molecule has 0 aromatic heterocycles. The Hall–Kier alpha value is -3.11. The van der Waals surface area contributed by atoms with Gasteiger partial charge in [0.2, 0.25) is 11.8 Å². The van der Waals surface area contributed by atoms with E-state index >= 15 is 0 Å². The largest absolute Gasteiger partial charge is 0.350 e. The zero-order valence-electron chi connectivity index (χ0n) is 21.3. The topological polar surface area (TPSA) is 49.4 Å². The quantitative estimate of drug-likeness (QED) is 0.417. The summed E-state index contributed by atoms with van der Waals surface area (Å²) in [6, 6.07) is 22.7. The summed E-state index contributed by atoms with van der Waals surface area (Å²) < 4.78 is 0. The zero-order valence-corrected chi connectivity index (χ0v) is 22.0. The van der Waals surface area contributed by atoms with Gasteiger partial charge >= 0.3 is 0 Å². The predicted octanol–water partition coefficient (Wildman–Crippen LogP) is 6.05. The molecule has 5 heteroatoms. The molecule has 0 aliphatic heterocycles. The first-order valence-electron chi connectivity index (χ1n) is 12.0. The number of aryl methyl sites for hydroxylation is 2. The maximum atomic E-state index is 13.8. The van der Waals surface area contributed by atoms with E-state index in [2.05, 4.69) is 12.2 Å². The number of nitrogens with one attached hydrogen (secondary N) is 1. The van der Waals surface area contributed by atoms with Gasteiger partial charge in [-0.1, -0.05) is 78.3 Å². The molecule has 3 rings (SSSR count). The summed E-state index contributed by atoms with van der Waals surface area (Å²) in [5.41, 5.74) is 4.62. The lowest BCUT2D eigenvalue weighted by Gasteiger charge is -2.34. The summed E-state index contributed by atoms with van der Waals surface area (Å²) in [5.74, 6) is -0.292. The van der Waals surface area contributed by atoms with Gasteiger partial charge in [-0.2, -0.15) is 0 Å².